The van der Waals surface area contributed by atoms with Crippen LogP contribution in [0.1, 0.15) is 18.5 Å². The summed E-state index contributed by atoms with van der Waals surface area (Å²) in [5.74, 6) is 0.154. The molecule has 0 bridgehead atoms. The van der Waals surface area contributed by atoms with Gasteiger partial charge in [0.15, 0.2) is 0 Å². The van der Waals surface area contributed by atoms with E-state index < -0.39 is 0 Å². The minimum Gasteiger partial charge on any atom is -0.378 e. The van der Waals surface area contributed by atoms with E-state index in [0.717, 1.165) is 0 Å². The number of amides is 1. The van der Waals surface area contributed by atoms with Crippen LogP contribution in [-0.2, 0) is 9.53 Å². The van der Waals surface area contributed by atoms with E-state index in [1.54, 1.807) is 0 Å². The lowest BCUT2D eigenvalue weighted by Gasteiger charge is -2.27. The second kappa shape index (κ2) is 6.52. The van der Waals surface area contributed by atoms with Crippen LogP contribution >= 0.6 is 0 Å². The first-order chi connectivity index (χ1) is 8.77. The predicted molar refractivity (Wildman–Crippen MR) is 70.3 cm³/mol. The highest BCUT2D eigenvalue weighted by Gasteiger charge is 2.17. The molecular formula is C14H20N2O2. The number of carbonyl (C=O) groups excluding carboxylic acids is 1. The molecule has 4 nitrogen and oxygen atoms in total. The predicted octanol–water partition coefficient (Wildman–Crippen LogP) is 1.20. The van der Waals surface area contributed by atoms with Gasteiger partial charge in [-0.3, -0.25) is 4.79 Å². The molecule has 1 saturated heterocycles. The first-order valence-corrected chi connectivity index (χ1v) is 6.41. The Kier molecular flexibility index (Phi) is 4.73. The van der Waals surface area contributed by atoms with E-state index in [2.05, 4.69) is 24.4 Å². The summed E-state index contributed by atoms with van der Waals surface area (Å²) < 4.78 is 5.23. The van der Waals surface area contributed by atoms with Gasteiger partial charge in [-0.15, -0.1) is 0 Å². The SMILES string of the molecule is CC(NCC(=O)N1CCOCC1)c1ccccc1. The first-order valence-electron chi connectivity index (χ1n) is 6.41. The lowest BCUT2D eigenvalue weighted by atomic mass is 10.1. The highest BCUT2D eigenvalue weighted by Crippen LogP contribution is 2.10. The van der Waals surface area contributed by atoms with Crippen LogP contribution < -0.4 is 5.32 Å². The number of benzene rings is 1. The minimum absolute atomic E-state index is 0.154. The molecule has 1 fully saturated rings. The molecule has 1 amide bonds. The summed E-state index contributed by atoms with van der Waals surface area (Å²) in [6.45, 7) is 5.18. The topological polar surface area (TPSA) is 41.6 Å². The molecule has 1 aliphatic rings. The summed E-state index contributed by atoms with van der Waals surface area (Å²) in [5, 5.41) is 3.26. The van der Waals surface area contributed by atoms with Crippen molar-refractivity contribution in [2.75, 3.05) is 32.8 Å². The Hall–Kier alpha value is -1.39. The molecule has 18 heavy (non-hydrogen) atoms. The quantitative estimate of drug-likeness (QED) is 0.870. The number of rotatable bonds is 4. The standard InChI is InChI=1S/C14H20N2O2/c1-12(13-5-3-2-4-6-13)15-11-14(17)16-7-9-18-10-8-16/h2-6,12,15H,7-11H2,1H3. The third-order valence-corrected chi connectivity index (χ3v) is 3.22. The van der Waals surface area contributed by atoms with Crippen LogP contribution in [0.2, 0.25) is 0 Å². The number of carbonyl (C=O) groups is 1. The zero-order valence-corrected chi connectivity index (χ0v) is 10.8. The normalized spacial score (nSPS) is 17.5. The Labute approximate surface area is 108 Å². The lowest BCUT2D eigenvalue weighted by molar-refractivity contribution is -0.134. The summed E-state index contributed by atoms with van der Waals surface area (Å²) in [5.41, 5.74) is 1.20. The van der Waals surface area contributed by atoms with Crippen LogP contribution in [-0.4, -0.2) is 43.7 Å². The van der Waals surface area contributed by atoms with Crippen LogP contribution in [0.15, 0.2) is 30.3 Å². The van der Waals surface area contributed by atoms with Crippen molar-refractivity contribution >= 4 is 5.91 Å². The molecule has 1 aliphatic heterocycles. The second-order valence-electron chi connectivity index (χ2n) is 4.51. The summed E-state index contributed by atoms with van der Waals surface area (Å²) in [6.07, 6.45) is 0. The van der Waals surface area contributed by atoms with Gasteiger partial charge in [-0.05, 0) is 12.5 Å². The largest absolute Gasteiger partial charge is 0.378 e. The smallest absolute Gasteiger partial charge is 0.236 e. The maximum atomic E-state index is 11.9. The van der Waals surface area contributed by atoms with Crippen molar-refractivity contribution in [2.24, 2.45) is 0 Å². The van der Waals surface area contributed by atoms with Gasteiger partial charge < -0.3 is 15.0 Å². The molecule has 1 aromatic rings. The maximum Gasteiger partial charge on any atom is 0.236 e. The molecule has 1 heterocycles. The monoisotopic (exact) mass is 248 g/mol. The Morgan fingerprint density at radius 3 is 2.67 bits per heavy atom. The molecule has 2 rings (SSSR count). The molecule has 0 saturated carbocycles. The van der Waals surface area contributed by atoms with Crippen molar-refractivity contribution in [3.8, 4) is 0 Å². The summed E-state index contributed by atoms with van der Waals surface area (Å²) in [4.78, 5) is 13.8. The maximum absolute atomic E-state index is 11.9. The van der Waals surface area contributed by atoms with Crippen molar-refractivity contribution in [1.82, 2.24) is 10.2 Å². The van der Waals surface area contributed by atoms with E-state index in [-0.39, 0.29) is 11.9 Å². The number of hydrogen-bond acceptors (Lipinski definition) is 3. The van der Waals surface area contributed by atoms with Gasteiger partial charge in [0.1, 0.15) is 0 Å². The fourth-order valence-electron chi connectivity index (χ4n) is 2.02. The van der Waals surface area contributed by atoms with Gasteiger partial charge in [-0.2, -0.15) is 0 Å². The van der Waals surface area contributed by atoms with Gasteiger partial charge >= 0.3 is 0 Å². The number of morpholine rings is 1. The Balaban J connectivity index is 1.78. The van der Waals surface area contributed by atoms with Crippen LogP contribution in [0.5, 0.6) is 0 Å². The van der Waals surface area contributed by atoms with Crippen molar-refractivity contribution in [2.45, 2.75) is 13.0 Å². The third-order valence-electron chi connectivity index (χ3n) is 3.22. The molecule has 0 aliphatic carbocycles. The highest BCUT2D eigenvalue weighted by atomic mass is 16.5. The van der Waals surface area contributed by atoms with Gasteiger partial charge in [-0.25, -0.2) is 0 Å². The fourth-order valence-corrected chi connectivity index (χ4v) is 2.02. The number of ether oxygens (including phenoxy) is 1. The van der Waals surface area contributed by atoms with E-state index in [4.69, 9.17) is 4.74 Å². The average Bonchev–Trinajstić information content (AvgIpc) is 2.46. The van der Waals surface area contributed by atoms with Gasteiger partial charge in [0, 0.05) is 19.1 Å². The lowest BCUT2D eigenvalue weighted by Crippen LogP contribution is -2.45. The first kappa shape index (κ1) is 13.1. The number of nitrogens with one attached hydrogen (secondary N) is 1. The second-order valence-corrected chi connectivity index (χ2v) is 4.51. The average molecular weight is 248 g/mol. The van der Waals surface area contributed by atoms with Gasteiger partial charge in [0.05, 0.1) is 19.8 Å². The number of nitrogens with zero attached hydrogens (tertiary/aromatic N) is 1. The van der Waals surface area contributed by atoms with E-state index in [9.17, 15) is 4.79 Å². The minimum atomic E-state index is 0.154. The van der Waals surface area contributed by atoms with Crippen LogP contribution in [0.3, 0.4) is 0 Å². The van der Waals surface area contributed by atoms with Crippen molar-refractivity contribution in [1.29, 1.82) is 0 Å². The van der Waals surface area contributed by atoms with Gasteiger partial charge in [-0.1, -0.05) is 30.3 Å². The van der Waals surface area contributed by atoms with Crippen LogP contribution in [0, 0.1) is 0 Å². The Morgan fingerprint density at radius 1 is 1.33 bits per heavy atom. The zero-order valence-electron chi connectivity index (χ0n) is 10.8. The van der Waals surface area contributed by atoms with Crippen molar-refractivity contribution < 1.29 is 9.53 Å². The van der Waals surface area contributed by atoms with E-state index in [0.29, 0.717) is 32.8 Å². The fraction of sp³-hybridized carbons (Fsp3) is 0.500. The molecule has 0 spiro atoms. The molecule has 0 radical (unpaired) electrons. The highest BCUT2D eigenvalue weighted by molar-refractivity contribution is 5.78. The van der Waals surface area contributed by atoms with E-state index in [1.165, 1.54) is 5.56 Å². The van der Waals surface area contributed by atoms with Gasteiger partial charge in [0.25, 0.3) is 0 Å². The molecule has 98 valence electrons. The third kappa shape index (κ3) is 3.55. The Bertz CT molecular complexity index is 375. The molecule has 1 atom stereocenters. The summed E-state index contributed by atoms with van der Waals surface area (Å²) in [7, 11) is 0. The summed E-state index contributed by atoms with van der Waals surface area (Å²) in [6, 6.07) is 10.3. The van der Waals surface area contributed by atoms with Crippen LogP contribution in [0.25, 0.3) is 0 Å². The van der Waals surface area contributed by atoms with Gasteiger partial charge in [0.2, 0.25) is 5.91 Å². The molecule has 1 aromatic carbocycles. The van der Waals surface area contributed by atoms with Crippen molar-refractivity contribution in [3.63, 3.8) is 0 Å². The van der Waals surface area contributed by atoms with Crippen LogP contribution in [0.4, 0.5) is 0 Å². The molecule has 4 heteroatoms. The van der Waals surface area contributed by atoms with E-state index >= 15 is 0 Å². The van der Waals surface area contributed by atoms with E-state index in [1.807, 2.05) is 23.1 Å². The van der Waals surface area contributed by atoms with Crippen molar-refractivity contribution in [3.05, 3.63) is 35.9 Å². The summed E-state index contributed by atoms with van der Waals surface area (Å²) >= 11 is 0. The number of hydrogen-bond donors (Lipinski definition) is 1. The zero-order chi connectivity index (χ0) is 12.8. The molecular weight excluding hydrogens is 228 g/mol. The molecule has 1 unspecified atom stereocenters. The Morgan fingerprint density at radius 2 is 2.00 bits per heavy atom. The molecule has 1 N–H and O–H groups in total. The molecule has 0 aromatic heterocycles.